The Hall–Kier alpha value is -1.87. The molecule has 1 atom stereocenters. The van der Waals surface area contributed by atoms with E-state index >= 15 is 0 Å². The fourth-order valence-corrected chi connectivity index (χ4v) is 2.50. The zero-order valence-electron chi connectivity index (χ0n) is 17.9. The van der Waals surface area contributed by atoms with Gasteiger partial charge >= 0.3 is 5.97 Å². The van der Waals surface area contributed by atoms with Crippen molar-refractivity contribution in [3.8, 4) is 0 Å². The van der Waals surface area contributed by atoms with Gasteiger partial charge in [-0.05, 0) is 57.8 Å². The molecule has 0 aliphatic rings. The maximum atomic E-state index is 10.8. The number of carbonyl (C=O) groups is 1. The third kappa shape index (κ3) is 18.9. The minimum absolute atomic E-state index is 0.523. The average molecular weight is 389 g/mol. The first-order chi connectivity index (χ1) is 13.7. The summed E-state index contributed by atoms with van der Waals surface area (Å²) in [5, 5.41) is 8.88. The second kappa shape index (κ2) is 21.4. The van der Waals surface area contributed by atoms with E-state index < -0.39 is 12.1 Å². The first kappa shape index (κ1) is 26.1. The number of aliphatic carboxylic acids is 1. The van der Waals surface area contributed by atoms with Crippen molar-refractivity contribution >= 4 is 5.97 Å². The lowest BCUT2D eigenvalue weighted by Gasteiger charge is -2.10. The van der Waals surface area contributed by atoms with Crippen LogP contribution in [-0.2, 0) is 9.53 Å². The summed E-state index contributed by atoms with van der Waals surface area (Å²) < 4.78 is 5.35. The van der Waals surface area contributed by atoms with Crippen molar-refractivity contribution in [2.45, 2.75) is 84.2 Å². The molecule has 0 bridgehead atoms. The number of carboxylic acids is 1. The monoisotopic (exact) mass is 388 g/mol. The first-order valence-electron chi connectivity index (χ1n) is 10.8. The molecule has 3 nitrogen and oxygen atoms in total. The van der Waals surface area contributed by atoms with Crippen LogP contribution in [0.15, 0.2) is 60.8 Å². The fraction of sp³-hybridized carbons (Fsp3) is 0.560. The number of ether oxygens (including phenoxy) is 1. The molecule has 0 amide bonds. The van der Waals surface area contributed by atoms with Crippen LogP contribution in [0.3, 0.4) is 0 Å². The molecule has 0 spiro atoms. The van der Waals surface area contributed by atoms with Crippen LogP contribution in [0.2, 0.25) is 0 Å². The van der Waals surface area contributed by atoms with E-state index in [-0.39, 0.29) is 0 Å². The molecule has 0 radical (unpaired) electrons. The van der Waals surface area contributed by atoms with Crippen LogP contribution >= 0.6 is 0 Å². The van der Waals surface area contributed by atoms with Gasteiger partial charge in [0.05, 0.1) is 0 Å². The topological polar surface area (TPSA) is 46.5 Å². The first-order valence-corrected chi connectivity index (χ1v) is 10.8. The van der Waals surface area contributed by atoms with Gasteiger partial charge in [-0.2, -0.15) is 0 Å². The molecule has 1 unspecified atom stereocenters. The quantitative estimate of drug-likeness (QED) is 0.200. The number of carboxylic acid groups (broad SMARTS) is 1. The molecule has 0 aromatic carbocycles. The normalized spacial score (nSPS) is 13.8. The average Bonchev–Trinajstić information content (AvgIpc) is 2.69. The Bertz CT molecular complexity index is 498. The summed E-state index contributed by atoms with van der Waals surface area (Å²) >= 11 is 0. The fourth-order valence-electron chi connectivity index (χ4n) is 2.50. The van der Waals surface area contributed by atoms with Gasteiger partial charge in [0, 0.05) is 6.61 Å². The van der Waals surface area contributed by atoms with Gasteiger partial charge in [0.15, 0.2) is 6.10 Å². The van der Waals surface area contributed by atoms with E-state index in [1.165, 1.54) is 0 Å². The number of unbranched alkanes of at least 4 members (excludes halogenated alkanes) is 3. The predicted octanol–water partition coefficient (Wildman–Crippen LogP) is 7.18. The van der Waals surface area contributed by atoms with Gasteiger partial charge in [-0.3, -0.25) is 0 Å². The molecule has 1 N–H and O–H groups in total. The Balaban J connectivity index is 3.48. The Labute approximate surface area is 172 Å². The molecule has 0 saturated heterocycles. The minimum atomic E-state index is -0.860. The van der Waals surface area contributed by atoms with Crippen LogP contribution in [0.5, 0.6) is 0 Å². The highest BCUT2D eigenvalue weighted by Crippen LogP contribution is 2.05. The van der Waals surface area contributed by atoms with Crippen molar-refractivity contribution in [2.24, 2.45) is 0 Å². The third-order valence-electron chi connectivity index (χ3n) is 4.14. The van der Waals surface area contributed by atoms with Crippen molar-refractivity contribution in [3.63, 3.8) is 0 Å². The molecule has 0 aliphatic carbocycles. The summed E-state index contributed by atoms with van der Waals surface area (Å²) in [6.45, 7) is 4.52. The highest BCUT2D eigenvalue weighted by Gasteiger charge is 2.14. The van der Waals surface area contributed by atoms with Crippen LogP contribution in [0.25, 0.3) is 0 Å². The molecule has 0 aliphatic heterocycles. The van der Waals surface area contributed by atoms with Gasteiger partial charge in [0.25, 0.3) is 0 Å². The Morgan fingerprint density at radius 3 is 1.71 bits per heavy atom. The summed E-state index contributed by atoms with van der Waals surface area (Å²) in [6, 6.07) is 0. The zero-order chi connectivity index (χ0) is 20.7. The smallest absolute Gasteiger partial charge is 0.332 e. The van der Waals surface area contributed by atoms with E-state index in [1.807, 2.05) is 6.92 Å². The van der Waals surface area contributed by atoms with Gasteiger partial charge in [0.2, 0.25) is 0 Å². The molecule has 0 aromatic rings. The number of hydrogen-bond acceptors (Lipinski definition) is 2. The van der Waals surface area contributed by atoms with Gasteiger partial charge in [-0.15, -0.1) is 0 Å². The summed E-state index contributed by atoms with van der Waals surface area (Å²) in [5.41, 5.74) is 0. The largest absolute Gasteiger partial charge is 0.479 e. The van der Waals surface area contributed by atoms with Crippen LogP contribution < -0.4 is 0 Å². The van der Waals surface area contributed by atoms with Gasteiger partial charge in [-0.1, -0.05) is 81.0 Å². The molecule has 0 fully saturated rings. The molecular formula is C25H40O3. The zero-order valence-corrected chi connectivity index (χ0v) is 17.9. The standard InChI is InChI=1S/C25H40O3/c1-3-5-6-7-8-9-10-11-12-13-14-15-16-17-18-19-20-21-22-23-28-24(4-2)25(26)27/h5-6,8-9,11-12,14-15,17-18,24H,3-4,7,10,13,16,19-23H2,1-2H3,(H,26,27)/b6-5-,9-8-,12-11-,15-14-,18-17-. The highest BCUT2D eigenvalue weighted by atomic mass is 16.5. The van der Waals surface area contributed by atoms with Gasteiger partial charge in [0.1, 0.15) is 0 Å². The van der Waals surface area contributed by atoms with E-state index in [9.17, 15) is 4.79 Å². The van der Waals surface area contributed by atoms with E-state index in [4.69, 9.17) is 9.84 Å². The molecule has 28 heavy (non-hydrogen) atoms. The van der Waals surface area contributed by atoms with Crippen LogP contribution in [0.4, 0.5) is 0 Å². The highest BCUT2D eigenvalue weighted by molar-refractivity contribution is 5.72. The Morgan fingerprint density at radius 2 is 1.25 bits per heavy atom. The maximum Gasteiger partial charge on any atom is 0.332 e. The molecule has 0 aromatic heterocycles. The Morgan fingerprint density at radius 1 is 0.750 bits per heavy atom. The molecular weight excluding hydrogens is 348 g/mol. The summed E-state index contributed by atoms with van der Waals surface area (Å²) in [4.78, 5) is 10.8. The number of hydrogen-bond donors (Lipinski definition) is 1. The van der Waals surface area contributed by atoms with Crippen molar-refractivity contribution in [2.75, 3.05) is 6.61 Å². The molecule has 0 saturated carbocycles. The lowest BCUT2D eigenvalue weighted by Crippen LogP contribution is -2.23. The van der Waals surface area contributed by atoms with Gasteiger partial charge in [-0.25, -0.2) is 4.79 Å². The van der Waals surface area contributed by atoms with E-state index in [2.05, 4.69) is 67.7 Å². The van der Waals surface area contributed by atoms with Gasteiger partial charge < -0.3 is 9.84 Å². The molecule has 158 valence electrons. The SMILES string of the molecule is CC/C=C\C/C=C\C/C=C\C/C=C\C/C=C\CCCCCOC(CC)C(=O)O. The predicted molar refractivity (Wildman–Crippen MR) is 121 cm³/mol. The summed E-state index contributed by atoms with van der Waals surface area (Å²) in [6.07, 6.45) is 31.3. The summed E-state index contributed by atoms with van der Waals surface area (Å²) in [7, 11) is 0. The van der Waals surface area contributed by atoms with Crippen LogP contribution in [0, 0.1) is 0 Å². The third-order valence-corrected chi connectivity index (χ3v) is 4.14. The van der Waals surface area contributed by atoms with Crippen molar-refractivity contribution in [1.29, 1.82) is 0 Å². The molecule has 0 rings (SSSR count). The van der Waals surface area contributed by atoms with Crippen molar-refractivity contribution in [1.82, 2.24) is 0 Å². The maximum absolute atomic E-state index is 10.8. The lowest BCUT2D eigenvalue weighted by molar-refractivity contribution is -0.150. The second-order valence-corrected chi connectivity index (χ2v) is 6.66. The minimum Gasteiger partial charge on any atom is -0.479 e. The van der Waals surface area contributed by atoms with Crippen LogP contribution in [0.1, 0.15) is 78.1 Å². The molecule has 0 heterocycles. The number of allylic oxidation sites excluding steroid dienone is 10. The van der Waals surface area contributed by atoms with Crippen molar-refractivity contribution in [3.05, 3.63) is 60.8 Å². The summed E-state index contributed by atoms with van der Waals surface area (Å²) in [5.74, 6) is -0.860. The Kier molecular flexibility index (Phi) is 20.0. The van der Waals surface area contributed by atoms with E-state index in [0.717, 1.165) is 57.8 Å². The van der Waals surface area contributed by atoms with E-state index in [0.29, 0.717) is 13.0 Å². The molecule has 3 heteroatoms. The van der Waals surface area contributed by atoms with Crippen LogP contribution in [-0.4, -0.2) is 23.8 Å². The second-order valence-electron chi connectivity index (χ2n) is 6.66. The van der Waals surface area contributed by atoms with E-state index in [1.54, 1.807) is 0 Å². The lowest BCUT2D eigenvalue weighted by atomic mass is 10.2. The number of rotatable bonds is 18. The van der Waals surface area contributed by atoms with Crippen molar-refractivity contribution < 1.29 is 14.6 Å².